The van der Waals surface area contributed by atoms with Gasteiger partial charge in [-0.3, -0.25) is 4.68 Å². The number of carbonyl (C=O) groups is 1. The normalized spacial score (nSPS) is 14.8. The number of amides is 2. The SMILES string of the molecule is Cc1oncc1S(=O)(=O)NCc1cc2n(n1)CCCN(C(=O)N(C)C)C2. The van der Waals surface area contributed by atoms with Crippen molar-refractivity contribution < 1.29 is 17.7 Å². The maximum absolute atomic E-state index is 12.3. The van der Waals surface area contributed by atoms with Crippen molar-refractivity contribution in [3.05, 3.63) is 29.4 Å². The maximum atomic E-state index is 12.3. The molecular weight excluding hydrogens is 360 g/mol. The first-order valence-electron chi connectivity index (χ1n) is 8.20. The monoisotopic (exact) mass is 382 g/mol. The molecule has 0 unspecified atom stereocenters. The molecule has 2 amide bonds. The van der Waals surface area contributed by atoms with Crippen LogP contribution in [0.1, 0.15) is 23.6 Å². The average molecular weight is 382 g/mol. The van der Waals surface area contributed by atoms with Crippen molar-refractivity contribution in [3.63, 3.8) is 0 Å². The molecule has 26 heavy (non-hydrogen) atoms. The third kappa shape index (κ3) is 3.73. The molecular formula is C15H22N6O4S. The molecule has 2 aromatic rings. The summed E-state index contributed by atoms with van der Waals surface area (Å²) in [5, 5.41) is 7.95. The summed E-state index contributed by atoms with van der Waals surface area (Å²) >= 11 is 0. The van der Waals surface area contributed by atoms with Gasteiger partial charge in [-0.25, -0.2) is 17.9 Å². The maximum Gasteiger partial charge on any atom is 0.319 e. The van der Waals surface area contributed by atoms with Gasteiger partial charge in [0.2, 0.25) is 10.0 Å². The Balaban J connectivity index is 1.72. The van der Waals surface area contributed by atoms with E-state index in [1.807, 2.05) is 10.7 Å². The second kappa shape index (κ2) is 7.08. The first-order chi connectivity index (χ1) is 12.3. The zero-order valence-electron chi connectivity index (χ0n) is 15.0. The Bertz CT molecular complexity index is 901. The molecule has 0 aromatic carbocycles. The minimum atomic E-state index is -3.72. The standard InChI is InChI=1S/C15H22N6O4S/c1-11-14(9-16-25-11)26(23,24)17-8-12-7-13-10-20(15(22)19(2)3)5-4-6-21(13)18-12/h7,9,17H,4-6,8,10H2,1-3H3. The summed E-state index contributed by atoms with van der Waals surface area (Å²) in [6, 6.07) is 1.77. The molecule has 3 heterocycles. The number of sulfonamides is 1. The van der Waals surface area contributed by atoms with Gasteiger partial charge in [-0.05, 0) is 19.4 Å². The van der Waals surface area contributed by atoms with E-state index in [4.69, 9.17) is 4.52 Å². The molecule has 0 bridgehead atoms. The second-order valence-corrected chi connectivity index (χ2v) is 8.11. The second-order valence-electron chi connectivity index (χ2n) is 6.37. The fourth-order valence-electron chi connectivity index (χ4n) is 2.85. The van der Waals surface area contributed by atoms with Crippen molar-refractivity contribution in [2.45, 2.75) is 37.9 Å². The van der Waals surface area contributed by atoms with Crippen LogP contribution >= 0.6 is 0 Å². The van der Waals surface area contributed by atoms with E-state index in [0.29, 0.717) is 25.3 Å². The first kappa shape index (κ1) is 18.4. The van der Waals surface area contributed by atoms with Gasteiger partial charge in [-0.2, -0.15) is 5.10 Å². The zero-order valence-corrected chi connectivity index (χ0v) is 15.8. The average Bonchev–Trinajstić information content (AvgIpc) is 3.13. The van der Waals surface area contributed by atoms with Crippen LogP contribution in [-0.4, -0.2) is 59.8 Å². The number of nitrogens with zero attached hydrogens (tertiary/aromatic N) is 5. The van der Waals surface area contributed by atoms with Crippen molar-refractivity contribution in [1.82, 2.24) is 29.5 Å². The van der Waals surface area contributed by atoms with Gasteiger partial charge in [0.1, 0.15) is 4.90 Å². The molecule has 0 aliphatic carbocycles. The molecule has 1 N–H and O–H groups in total. The summed E-state index contributed by atoms with van der Waals surface area (Å²) in [5.74, 6) is 0.232. The number of aryl methyl sites for hydroxylation is 2. The van der Waals surface area contributed by atoms with Gasteiger partial charge in [-0.1, -0.05) is 5.16 Å². The summed E-state index contributed by atoms with van der Waals surface area (Å²) in [5.41, 5.74) is 1.48. The molecule has 142 valence electrons. The lowest BCUT2D eigenvalue weighted by Crippen LogP contribution is -2.38. The summed E-state index contributed by atoms with van der Waals surface area (Å²) in [7, 11) is -0.277. The first-order valence-corrected chi connectivity index (χ1v) is 9.69. The van der Waals surface area contributed by atoms with Crippen LogP contribution in [0.2, 0.25) is 0 Å². The molecule has 0 atom stereocenters. The molecule has 0 fully saturated rings. The Morgan fingerprint density at radius 2 is 2.15 bits per heavy atom. The molecule has 0 saturated carbocycles. The van der Waals surface area contributed by atoms with Gasteiger partial charge in [0.15, 0.2) is 5.76 Å². The van der Waals surface area contributed by atoms with Crippen LogP contribution in [0.3, 0.4) is 0 Å². The molecule has 2 aromatic heterocycles. The highest BCUT2D eigenvalue weighted by Crippen LogP contribution is 2.17. The van der Waals surface area contributed by atoms with E-state index < -0.39 is 10.0 Å². The number of urea groups is 1. The largest absolute Gasteiger partial charge is 0.360 e. The predicted molar refractivity (Wildman–Crippen MR) is 91.6 cm³/mol. The molecule has 0 radical (unpaired) electrons. The van der Waals surface area contributed by atoms with E-state index in [0.717, 1.165) is 12.1 Å². The van der Waals surface area contributed by atoms with Crippen LogP contribution < -0.4 is 4.72 Å². The van der Waals surface area contributed by atoms with Gasteiger partial charge in [0.25, 0.3) is 0 Å². The number of hydrogen-bond acceptors (Lipinski definition) is 6. The highest BCUT2D eigenvalue weighted by molar-refractivity contribution is 7.89. The Morgan fingerprint density at radius 1 is 1.38 bits per heavy atom. The molecule has 0 saturated heterocycles. The lowest BCUT2D eigenvalue weighted by Gasteiger charge is -2.23. The van der Waals surface area contributed by atoms with E-state index >= 15 is 0 Å². The zero-order chi connectivity index (χ0) is 18.9. The van der Waals surface area contributed by atoms with Crippen molar-refractivity contribution in [2.24, 2.45) is 0 Å². The third-order valence-corrected chi connectivity index (χ3v) is 5.65. The molecule has 11 heteroatoms. The van der Waals surface area contributed by atoms with Crippen LogP contribution in [0.4, 0.5) is 4.79 Å². The minimum Gasteiger partial charge on any atom is -0.360 e. The Morgan fingerprint density at radius 3 is 2.81 bits per heavy atom. The summed E-state index contributed by atoms with van der Waals surface area (Å²) in [4.78, 5) is 15.5. The van der Waals surface area contributed by atoms with Crippen LogP contribution in [0, 0.1) is 6.92 Å². The van der Waals surface area contributed by atoms with Crippen molar-refractivity contribution in [3.8, 4) is 0 Å². The molecule has 1 aliphatic rings. The fourth-order valence-corrected chi connectivity index (χ4v) is 3.94. The Hall–Kier alpha value is -2.40. The Kier molecular flexibility index (Phi) is 5.01. The van der Waals surface area contributed by atoms with E-state index in [9.17, 15) is 13.2 Å². The van der Waals surface area contributed by atoms with E-state index in [1.165, 1.54) is 13.1 Å². The number of aromatic nitrogens is 3. The van der Waals surface area contributed by atoms with Crippen LogP contribution in [-0.2, 0) is 29.7 Å². The van der Waals surface area contributed by atoms with Gasteiger partial charge in [0, 0.05) is 27.2 Å². The smallest absolute Gasteiger partial charge is 0.319 e. The highest BCUT2D eigenvalue weighted by Gasteiger charge is 2.23. The number of rotatable bonds is 4. The van der Waals surface area contributed by atoms with E-state index in [2.05, 4.69) is 15.0 Å². The van der Waals surface area contributed by atoms with Crippen LogP contribution in [0.15, 0.2) is 21.7 Å². The third-order valence-electron chi connectivity index (χ3n) is 4.16. The quantitative estimate of drug-likeness (QED) is 0.826. The van der Waals surface area contributed by atoms with Crippen molar-refractivity contribution >= 4 is 16.1 Å². The topological polar surface area (TPSA) is 114 Å². The summed E-state index contributed by atoms with van der Waals surface area (Å²) in [6.07, 6.45) is 1.96. The summed E-state index contributed by atoms with van der Waals surface area (Å²) < 4.78 is 33.7. The molecule has 0 spiro atoms. The van der Waals surface area contributed by atoms with Gasteiger partial charge < -0.3 is 14.3 Å². The van der Waals surface area contributed by atoms with Crippen molar-refractivity contribution in [1.29, 1.82) is 0 Å². The number of hydrogen-bond donors (Lipinski definition) is 1. The van der Waals surface area contributed by atoms with Crippen LogP contribution in [0.25, 0.3) is 0 Å². The van der Waals surface area contributed by atoms with E-state index in [-0.39, 0.29) is 23.2 Å². The predicted octanol–water partition coefficient (Wildman–Crippen LogP) is 0.545. The lowest BCUT2D eigenvalue weighted by molar-refractivity contribution is 0.169. The molecule has 3 rings (SSSR count). The van der Waals surface area contributed by atoms with Gasteiger partial charge >= 0.3 is 6.03 Å². The molecule has 10 nitrogen and oxygen atoms in total. The van der Waals surface area contributed by atoms with E-state index in [1.54, 1.807) is 23.9 Å². The fraction of sp³-hybridized carbons (Fsp3) is 0.533. The number of nitrogens with one attached hydrogen (secondary N) is 1. The lowest BCUT2D eigenvalue weighted by atomic mass is 10.3. The summed E-state index contributed by atoms with van der Waals surface area (Å²) in [6.45, 7) is 3.38. The van der Waals surface area contributed by atoms with Gasteiger partial charge in [0.05, 0.1) is 30.7 Å². The Labute approximate surface area is 151 Å². The molecule has 1 aliphatic heterocycles. The minimum absolute atomic E-state index is 0.0148. The highest BCUT2D eigenvalue weighted by atomic mass is 32.2. The van der Waals surface area contributed by atoms with Crippen molar-refractivity contribution in [2.75, 3.05) is 20.6 Å². The van der Waals surface area contributed by atoms with Crippen LogP contribution in [0.5, 0.6) is 0 Å². The number of fused-ring (bicyclic) bond motifs is 1. The number of carbonyl (C=O) groups excluding carboxylic acids is 1. The van der Waals surface area contributed by atoms with Gasteiger partial charge in [-0.15, -0.1) is 0 Å².